The quantitative estimate of drug-likeness (QED) is 0.317. The maximum Gasteiger partial charge on any atom is 0.251 e. The Morgan fingerprint density at radius 2 is 1.92 bits per heavy atom. The molecule has 1 atom stereocenters. The lowest BCUT2D eigenvalue weighted by Gasteiger charge is -2.16. The summed E-state index contributed by atoms with van der Waals surface area (Å²) in [5.74, 6) is 0.582. The fourth-order valence-electron chi connectivity index (χ4n) is 4.87. The summed E-state index contributed by atoms with van der Waals surface area (Å²) in [6.07, 6.45) is 5.43. The van der Waals surface area contributed by atoms with Crippen LogP contribution in [0.1, 0.15) is 44.3 Å². The Morgan fingerprint density at radius 1 is 1.08 bits per heavy atom. The van der Waals surface area contributed by atoms with E-state index in [4.69, 9.17) is 10.7 Å². The van der Waals surface area contributed by atoms with Crippen molar-refractivity contribution in [1.29, 1.82) is 0 Å². The molecule has 2 aromatic carbocycles. The van der Waals surface area contributed by atoms with Crippen LogP contribution in [-0.2, 0) is 6.42 Å². The highest BCUT2D eigenvalue weighted by Gasteiger charge is 2.26. The van der Waals surface area contributed by atoms with E-state index in [-0.39, 0.29) is 23.3 Å². The van der Waals surface area contributed by atoms with Crippen molar-refractivity contribution in [3.8, 4) is 22.8 Å². The third-order valence-corrected chi connectivity index (χ3v) is 6.68. The summed E-state index contributed by atoms with van der Waals surface area (Å²) in [5.41, 5.74) is 11.8. The maximum atomic E-state index is 12.9. The lowest BCUT2D eigenvalue weighted by molar-refractivity contribution is 0.0936. The van der Waals surface area contributed by atoms with Gasteiger partial charge in [-0.2, -0.15) is 0 Å². The highest BCUT2D eigenvalue weighted by atomic mass is 16.3. The monoisotopic (exact) mass is 490 g/mol. The Morgan fingerprint density at radius 3 is 2.76 bits per heavy atom. The number of hydrogen-bond acceptors (Lipinski definition) is 7. The van der Waals surface area contributed by atoms with Gasteiger partial charge in [-0.15, -0.1) is 0 Å². The van der Waals surface area contributed by atoms with Crippen LogP contribution < -0.4 is 11.1 Å². The number of carbonyl (C=O) groups excluding carboxylic acids is 2. The van der Waals surface area contributed by atoms with E-state index in [1.54, 1.807) is 12.4 Å². The van der Waals surface area contributed by atoms with Gasteiger partial charge in [0.25, 0.3) is 5.91 Å². The molecule has 1 aliphatic rings. The molecule has 0 saturated heterocycles. The Balaban J connectivity index is 1.36. The topological polar surface area (TPSA) is 136 Å². The molecule has 182 valence electrons. The molecule has 3 aromatic heterocycles. The van der Waals surface area contributed by atoms with Crippen LogP contribution in [0, 0.1) is 0 Å². The number of rotatable bonds is 5. The molecule has 0 fully saturated rings. The molecular weight excluding hydrogens is 468 g/mol. The van der Waals surface area contributed by atoms with Crippen LogP contribution >= 0.6 is 0 Å². The standard InChI is InChI=1S/C28H22N6O3/c29-25-21(3-1-11-30-25)26-32-23-4-2-12-31-27(23)34(26)19-7-8-20-16(14-19)5-9-22(20)33-28(37)17-6-10-24(36)18(13-17)15-35/h1-4,6-8,10-15,22,36H,5,9H2,(H2,29,30)(H,33,37)/t22-/m0/s1. The normalized spacial score (nSPS) is 14.4. The first kappa shape index (κ1) is 22.4. The zero-order valence-corrected chi connectivity index (χ0v) is 19.6. The first-order valence-corrected chi connectivity index (χ1v) is 11.8. The van der Waals surface area contributed by atoms with Crippen LogP contribution in [0.15, 0.2) is 73.1 Å². The minimum atomic E-state index is -0.302. The first-order valence-electron chi connectivity index (χ1n) is 11.8. The minimum Gasteiger partial charge on any atom is -0.507 e. The number of phenolic OH excluding ortho intramolecular Hbond substituents is 1. The Hall–Kier alpha value is -5.05. The van der Waals surface area contributed by atoms with Crippen molar-refractivity contribution in [2.45, 2.75) is 18.9 Å². The van der Waals surface area contributed by atoms with Crippen LogP contribution in [-0.4, -0.2) is 36.8 Å². The fraction of sp³-hybridized carbons (Fsp3) is 0.107. The van der Waals surface area contributed by atoms with Crippen molar-refractivity contribution in [3.63, 3.8) is 0 Å². The fourth-order valence-corrected chi connectivity index (χ4v) is 4.87. The summed E-state index contributed by atoms with van der Waals surface area (Å²) in [7, 11) is 0. The van der Waals surface area contributed by atoms with E-state index in [0.29, 0.717) is 29.1 Å². The van der Waals surface area contributed by atoms with Gasteiger partial charge in [-0.05, 0) is 78.6 Å². The van der Waals surface area contributed by atoms with Crippen molar-refractivity contribution in [1.82, 2.24) is 24.8 Å². The molecule has 1 aliphatic carbocycles. The number of aromatic hydroxyl groups is 1. The number of fused-ring (bicyclic) bond motifs is 2. The minimum absolute atomic E-state index is 0.0790. The summed E-state index contributed by atoms with van der Waals surface area (Å²) in [5, 5.41) is 12.8. The molecule has 5 aromatic rings. The number of amides is 1. The maximum absolute atomic E-state index is 12.9. The molecule has 1 amide bonds. The number of aromatic nitrogens is 4. The van der Waals surface area contributed by atoms with Crippen molar-refractivity contribution >= 4 is 29.2 Å². The highest BCUT2D eigenvalue weighted by Crippen LogP contribution is 2.36. The van der Waals surface area contributed by atoms with Gasteiger partial charge >= 0.3 is 0 Å². The number of hydrogen-bond donors (Lipinski definition) is 3. The van der Waals surface area contributed by atoms with Gasteiger partial charge in [-0.3, -0.25) is 14.2 Å². The third kappa shape index (κ3) is 3.86. The molecule has 0 aliphatic heterocycles. The Bertz CT molecular complexity index is 1690. The summed E-state index contributed by atoms with van der Waals surface area (Å²) >= 11 is 0. The van der Waals surface area contributed by atoms with Crippen molar-refractivity contribution < 1.29 is 14.7 Å². The van der Waals surface area contributed by atoms with Crippen LogP contribution in [0.25, 0.3) is 28.2 Å². The second kappa shape index (κ2) is 8.87. The molecule has 6 rings (SSSR count). The largest absolute Gasteiger partial charge is 0.507 e. The molecule has 0 unspecified atom stereocenters. The van der Waals surface area contributed by atoms with Gasteiger partial charge in [-0.25, -0.2) is 15.0 Å². The summed E-state index contributed by atoms with van der Waals surface area (Å²) in [6.45, 7) is 0. The lowest BCUT2D eigenvalue weighted by atomic mass is 10.1. The summed E-state index contributed by atoms with van der Waals surface area (Å²) < 4.78 is 1.98. The zero-order chi connectivity index (χ0) is 25.5. The van der Waals surface area contributed by atoms with Gasteiger partial charge in [0.1, 0.15) is 17.1 Å². The molecule has 0 radical (unpaired) electrons. The predicted octanol–water partition coefficient (Wildman–Crippen LogP) is 4.00. The number of benzene rings is 2. The number of phenols is 1. The summed E-state index contributed by atoms with van der Waals surface area (Å²) in [4.78, 5) is 37.6. The van der Waals surface area contributed by atoms with Crippen LogP contribution in [0.4, 0.5) is 5.82 Å². The number of imidazole rings is 1. The van der Waals surface area contributed by atoms with E-state index in [9.17, 15) is 14.7 Å². The number of nitrogens with one attached hydrogen (secondary N) is 1. The Kier molecular flexibility index (Phi) is 5.37. The van der Waals surface area contributed by atoms with E-state index >= 15 is 0 Å². The molecular formula is C28H22N6O3. The number of nitrogens with zero attached hydrogens (tertiary/aromatic N) is 4. The molecule has 4 N–H and O–H groups in total. The molecule has 37 heavy (non-hydrogen) atoms. The van der Waals surface area contributed by atoms with Gasteiger partial charge in [0.05, 0.1) is 17.2 Å². The summed E-state index contributed by atoms with van der Waals surface area (Å²) in [6, 6.07) is 17.6. The van der Waals surface area contributed by atoms with Gasteiger partial charge in [0.2, 0.25) is 0 Å². The Labute approximate surface area is 211 Å². The van der Waals surface area contributed by atoms with E-state index in [1.807, 2.05) is 41.0 Å². The van der Waals surface area contributed by atoms with E-state index in [1.165, 1.54) is 18.2 Å². The molecule has 9 heteroatoms. The number of nitrogen functional groups attached to an aromatic ring is 1. The predicted molar refractivity (Wildman–Crippen MR) is 139 cm³/mol. The second-order valence-electron chi connectivity index (χ2n) is 8.89. The van der Waals surface area contributed by atoms with Crippen LogP contribution in [0.2, 0.25) is 0 Å². The molecule has 0 spiro atoms. The molecule has 0 saturated carbocycles. The zero-order valence-electron chi connectivity index (χ0n) is 19.6. The van der Waals surface area contributed by atoms with Crippen molar-refractivity contribution in [3.05, 3.63) is 95.3 Å². The van der Waals surface area contributed by atoms with E-state index in [0.717, 1.165) is 40.7 Å². The average Bonchev–Trinajstić information content (AvgIpc) is 3.50. The van der Waals surface area contributed by atoms with E-state index < -0.39 is 0 Å². The van der Waals surface area contributed by atoms with Gasteiger partial charge < -0.3 is 16.2 Å². The lowest BCUT2D eigenvalue weighted by Crippen LogP contribution is -2.27. The van der Waals surface area contributed by atoms with Gasteiger partial charge in [0, 0.05) is 23.6 Å². The van der Waals surface area contributed by atoms with Crippen molar-refractivity contribution in [2.75, 3.05) is 5.73 Å². The second-order valence-corrected chi connectivity index (χ2v) is 8.89. The van der Waals surface area contributed by atoms with Gasteiger partial charge in [0.15, 0.2) is 17.8 Å². The van der Waals surface area contributed by atoms with Crippen molar-refractivity contribution in [2.24, 2.45) is 0 Å². The smallest absolute Gasteiger partial charge is 0.251 e. The third-order valence-electron chi connectivity index (χ3n) is 6.68. The van der Waals surface area contributed by atoms with Gasteiger partial charge in [-0.1, -0.05) is 6.07 Å². The number of nitrogens with two attached hydrogens (primary N) is 1. The van der Waals surface area contributed by atoms with Crippen LogP contribution in [0.5, 0.6) is 5.75 Å². The van der Waals surface area contributed by atoms with E-state index in [2.05, 4.69) is 21.4 Å². The highest BCUT2D eigenvalue weighted by molar-refractivity contribution is 5.96. The average molecular weight is 491 g/mol. The van der Waals surface area contributed by atoms with Crippen LogP contribution in [0.3, 0.4) is 0 Å². The molecule has 0 bridgehead atoms. The molecule has 3 heterocycles. The number of anilines is 1. The first-order chi connectivity index (χ1) is 18.0. The number of aldehydes is 1. The SMILES string of the molecule is Nc1ncccc1-c1nc2cccnc2n1-c1ccc2c(c1)CC[C@@H]2NC(=O)c1ccc(O)c(C=O)c1. The number of carbonyl (C=O) groups is 2. The number of aryl methyl sites for hydroxylation is 1. The number of pyridine rings is 2. The molecule has 9 nitrogen and oxygen atoms in total.